The van der Waals surface area contributed by atoms with Crippen molar-refractivity contribution in [3.63, 3.8) is 0 Å². The smallest absolute Gasteiger partial charge is 0.0862 e. The van der Waals surface area contributed by atoms with Crippen LogP contribution >= 0.6 is 0 Å². The lowest BCUT2D eigenvalue weighted by atomic mass is 10.2. The molecule has 0 aromatic heterocycles. The van der Waals surface area contributed by atoms with E-state index in [2.05, 4.69) is 37.7 Å². The molecule has 10 heavy (non-hydrogen) atoms. The lowest BCUT2D eigenvalue weighted by molar-refractivity contribution is 0.173. The number of hydrogen-bond acceptors (Lipinski definition) is 2. The van der Waals surface area contributed by atoms with Crippen molar-refractivity contribution in [3.8, 4) is 0 Å². The van der Waals surface area contributed by atoms with Gasteiger partial charge in [0.15, 0.2) is 0 Å². The Morgan fingerprint density at radius 3 is 2.10 bits per heavy atom. The van der Waals surface area contributed by atoms with Gasteiger partial charge in [-0.1, -0.05) is 13.8 Å². The molecule has 2 atom stereocenters. The standard InChI is InChI=1S/C8H18N2/c1-5-8(7-10(8)4)9(3)6-2/h5-7H2,1-4H3. The van der Waals surface area contributed by atoms with Gasteiger partial charge in [0.25, 0.3) is 0 Å². The van der Waals surface area contributed by atoms with E-state index in [0.717, 1.165) is 6.54 Å². The second-order valence-electron chi connectivity index (χ2n) is 3.21. The Morgan fingerprint density at radius 2 is 2.00 bits per heavy atom. The van der Waals surface area contributed by atoms with Crippen LogP contribution in [0.3, 0.4) is 0 Å². The molecular weight excluding hydrogens is 124 g/mol. The molecule has 2 heteroatoms. The van der Waals surface area contributed by atoms with Crippen molar-refractivity contribution in [1.29, 1.82) is 0 Å². The van der Waals surface area contributed by atoms with Crippen molar-refractivity contribution in [2.75, 3.05) is 27.2 Å². The molecule has 0 bridgehead atoms. The van der Waals surface area contributed by atoms with Crippen LogP contribution < -0.4 is 0 Å². The zero-order valence-electron chi connectivity index (χ0n) is 7.52. The maximum atomic E-state index is 2.42. The van der Waals surface area contributed by atoms with Crippen molar-refractivity contribution in [3.05, 3.63) is 0 Å². The number of nitrogens with zero attached hydrogens (tertiary/aromatic N) is 2. The first-order valence-electron chi connectivity index (χ1n) is 4.10. The van der Waals surface area contributed by atoms with Crippen LogP contribution in [0.2, 0.25) is 0 Å². The molecule has 0 saturated carbocycles. The van der Waals surface area contributed by atoms with Crippen LogP contribution in [0.15, 0.2) is 0 Å². The predicted octanol–water partition coefficient (Wildman–Crippen LogP) is 0.990. The van der Waals surface area contributed by atoms with Crippen LogP contribution in [0.1, 0.15) is 20.3 Å². The van der Waals surface area contributed by atoms with Crippen LogP contribution in [0.25, 0.3) is 0 Å². The third kappa shape index (κ3) is 0.956. The average Bonchev–Trinajstić information content (AvgIpc) is 2.61. The lowest BCUT2D eigenvalue weighted by Gasteiger charge is -2.25. The van der Waals surface area contributed by atoms with E-state index in [0.29, 0.717) is 5.66 Å². The average molecular weight is 142 g/mol. The molecule has 1 saturated heterocycles. The predicted molar refractivity (Wildman–Crippen MR) is 44.0 cm³/mol. The first kappa shape index (κ1) is 8.02. The lowest BCUT2D eigenvalue weighted by Crippen LogP contribution is -2.37. The quantitative estimate of drug-likeness (QED) is 0.542. The van der Waals surface area contributed by atoms with E-state index in [1.165, 1.54) is 13.0 Å². The summed E-state index contributed by atoms with van der Waals surface area (Å²) in [5.74, 6) is 0. The summed E-state index contributed by atoms with van der Waals surface area (Å²) >= 11 is 0. The Morgan fingerprint density at radius 1 is 1.50 bits per heavy atom. The van der Waals surface area contributed by atoms with Crippen LogP contribution in [0.4, 0.5) is 0 Å². The van der Waals surface area contributed by atoms with E-state index >= 15 is 0 Å². The van der Waals surface area contributed by atoms with Crippen LogP contribution in [-0.2, 0) is 0 Å². The molecule has 0 aromatic carbocycles. The van der Waals surface area contributed by atoms with Gasteiger partial charge in [0, 0.05) is 6.54 Å². The fourth-order valence-electron chi connectivity index (χ4n) is 1.70. The SMILES string of the molecule is CCN(C)C1(CC)CN1C. The Hall–Kier alpha value is -0.0800. The molecule has 2 nitrogen and oxygen atoms in total. The highest BCUT2D eigenvalue weighted by molar-refractivity contribution is 5.02. The molecule has 1 aliphatic heterocycles. The van der Waals surface area contributed by atoms with E-state index in [1.54, 1.807) is 0 Å². The number of likely N-dealkylation sites (N-methyl/N-ethyl adjacent to an activating group) is 2. The van der Waals surface area contributed by atoms with Gasteiger partial charge in [-0.25, -0.2) is 0 Å². The van der Waals surface area contributed by atoms with Gasteiger partial charge in [0.05, 0.1) is 5.66 Å². The molecule has 0 radical (unpaired) electrons. The van der Waals surface area contributed by atoms with Gasteiger partial charge in [-0.15, -0.1) is 0 Å². The van der Waals surface area contributed by atoms with Gasteiger partial charge in [-0.3, -0.25) is 9.80 Å². The second-order valence-corrected chi connectivity index (χ2v) is 3.21. The maximum absolute atomic E-state index is 2.42. The highest BCUT2D eigenvalue weighted by Gasteiger charge is 2.50. The number of hydrogen-bond donors (Lipinski definition) is 0. The van der Waals surface area contributed by atoms with Crippen LogP contribution in [0, 0.1) is 0 Å². The normalized spacial score (nSPS) is 38.7. The molecule has 1 aliphatic rings. The second kappa shape index (κ2) is 2.51. The molecule has 0 amide bonds. The highest BCUT2D eigenvalue weighted by atomic mass is 15.5. The molecule has 0 aliphatic carbocycles. The number of rotatable bonds is 3. The van der Waals surface area contributed by atoms with Gasteiger partial charge in [0.1, 0.15) is 0 Å². The molecule has 0 N–H and O–H groups in total. The first-order valence-corrected chi connectivity index (χ1v) is 4.10. The zero-order chi connectivity index (χ0) is 7.78. The van der Waals surface area contributed by atoms with E-state index < -0.39 is 0 Å². The summed E-state index contributed by atoms with van der Waals surface area (Å²) in [6.07, 6.45) is 1.24. The van der Waals surface area contributed by atoms with Gasteiger partial charge < -0.3 is 0 Å². The first-order chi connectivity index (χ1) is 4.67. The van der Waals surface area contributed by atoms with Crippen molar-refractivity contribution in [2.45, 2.75) is 25.9 Å². The fraction of sp³-hybridized carbons (Fsp3) is 1.00. The Balaban J connectivity index is 2.51. The van der Waals surface area contributed by atoms with Crippen LogP contribution in [-0.4, -0.2) is 42.6 Å². The highest BCUT2D eigenvalue weighted by Crippen LogP contribution is 2.35. The van der Waals surface area contributed by atoms with Gasteiger partial charge >= 0.3 is 0 Å². The van der Waals surface area contributed by atoms with Gasteiger partial charge in [0.2, 0.25) is 0 Å². The van der Waals surface area contributed by atoms with E-state index in [4.69, 9.17) is 0 Å². The van der Waals surface area contributed by atoms with Gasteiger partial charge in [-0.2, -0.15) is 0 Å². The molecule has 60 valence electrons. The summed E-state index contributed by atoms with van der Waals surface area (Å²) in [5.41, 5.74) is 0.425. The summed E-state index contributed by atoms with van der Waals surface area (Å²) in [6.45, 7) is 6.87. The summed E-state index contributed by atoms with van der Waals surface area (Å²) < 4.78 is 0. The third-order valence-electron chi connectivity index (χ3n) is 2.85. The molecule has 1 fully saturated rings. The minimum Gasteiger partial charge on any atom is -0.288 e. The zero-order valence-corrected chi connectivity index (χ0v) is 7.52. The Bertz CT molecular complexity index is 120. The Kier molecular flexibility index (Phi) is 2.02. The van der Waals surface area contributed by atoms with E-state index in [1.807, 2.05) is 0 Å². The van der Waals surface area contributed by atoms with E-state index in [-0.39, 0.29) is 0 Å². The van der Waals surface area contributed by atoms with Crippen molar-refractivity contribution in [2.24, 2.45) is 0 Å². The van der Waals surface area contributed by atoms with Crippen molar-refractivity contribution < 1.29 is 0 Å². The minimum atomic E-state index is 0.425. The van der Waals surface area contributed by atoms with E-state index in [9.17, 15) is 0 Å². The minimum absolute atomic E-state index is 0.425. The summed E-state index contributed by atoms with van der Waals surface area (Å²) in [5, 5.41) is 0. The topological polar surface area (TPSA) is 6.25 Å². The summed E-state index contributed by atoms with van der Waals surface area (Å²) in [7, 11) is 4.39. The molecule has 1 heterocycles. The third-order valence-corrected chi connectivity index (χ3v) is 2.85. The molecule has 2 unspecified atom stereocenters. The molecule has 0 aromatic rings. The van der Waals surface area contributed by atoms with Gasteiger partial charge in [-0.05, 0) is 27.1 Å². The Labute approximate surface area is 63.8 Å². The molecule has 0 spiro atoms. The maximum Gasteiger partial charge on any atom is 0.0862 e. The monoisotopic (exact) mass is 142 g/mol. The fourth-order valence-corrected chi connectivity index (χ4v) is 1.70. The largest absolute Gasteiger partial charge is 0.288 e. The summed E-state index contributed by atoms with van der Waals surface area (Å²) in [6, 6.07) is 0. The molecular formula is C8H18N2. The van der Waals surface area contributed by atoms with Crippen LogP contribution in [0.5, 0.6) is 0 Å². The summed E-state index contributed by atoms with van der Waals surface area (Å²) in [4.78, 5) is 4.82. The van der Waals surface area contributed by atoms with Crippen molar-refractivity contribution in [1.82, 2.24) is 9.80 Å². The van der Waals surface area contributed by atoms with Crippen molar-refractivity contribution >= 4 is 0 Å². The molecule has 1 rings (SSSR count).